The number of carbonyl (C=O) groups excluding carboxylic acids is 1. The van der Waals surface area contributed by atoms with Gasteiger partial charge in [0.25, 0.3) is 5.69 Å². The van der Waals surface area contributed by atoms with E-state index in [-0.39, 0.29) is 11.6 Å². The van der Waals surface area contributed by atoms with Crippen LogP contribution in [0.2, 0.25) is 0 Å². The molecule has 0 radical (unpaired) electrons. The number of carbonyl (C=O) groups is 1. The quantitative estimate of drug-likeness (QED) is 0.548. The first kappa shape index (κ1) is 14.4. The highest BCUT2D eigenvalue weighted by Gasteiger charge is 2.10. The summed E-state index contributed by atoms with van der Waals surface area (Å²) >= 11 is 0. The van der Waals surface area contributed by atoms with Gasteiger partial charge >= 0.3 is 0 Å². The molecule has 1 rings (SSSR count). The Balaban J connectivity index is 2.51. The van der Waals surface area contributed by atoms with Crippen LogP contribution in [0.4, 0.5) is 5.69 Å². The van der Waals surface area contributed by atoms with Gasteiger partial charge in [-0.25, -0.2) is 0 Å². The van der Waals surface area contributed by atoms with Gasteiger partial charge in [-0.3, -0.25) is 14.9 Å². The molecule has 18 heavy (non-hydrogen) atoms. The summed E-state index contributed by atoms with van der Waals surface area (Å²) in [6, 6.07) is 6.55. The number of non-ortho nitro benzene ring substituents is 1. The van der Waals surface area contributed by atoms with Gasteiger partial charge in [-0.1, -0.05) is 26.0 Å². The fraction of sp³-hybridized carbons (Fsp3) is 0.500. The minimum absolute atomic E-state index is 0.105. The van der Waals surface area contributed by atoms with Crippen LogP contribution in [0, 0.1) is 16.0 Å². The van der Waals surface area contributed by atoms with Gasteiger partial charge in [0.15, 0.2) is 0 Å². The molecule has 0 saturated heterocycles. The van der Waals surface area contributed by atoms with Gasteiger partial charge in [-0.2, -0.15) is 0 Å². The molecule has 1 atom stereocenters. The van der Waals surface area contributed by atoms with Crippen molar-refractivity contribution in [2.45, 2.75) is 39.5 Å². The standard InChI is InChI=1S/C14H19NO3/c1-3-4-14(16)10-11(2)9-12-5-7-13(8-6-12)15(17)18/h5-8,11H,3-4,9-10H2,1-2H3. The van der Waals surface area contributed by atoms with Gasteiger partial charge in [-0.05, 0) is 24.3 Å². The van der Waals surface area contributed by atoms with Crippen molar-refractivity contribution in [2.75, 3.05) is 0 Å². The van der Waals surface area contributed by atoms with Crippen molar-refractivity contribution in [1.82, 2.24) is 0 Å². The monoisotopic (exact) mass is 249 g/mol. The largest absolute Gasteiger partial charge is 0.300 e. The third-order valence-electron chi connectivity index (χ3n) is 2.84. The Bertz CT molecular complexity index is 412. The summed E-state index contributed by atoms with van der Waals surface area (Å²) in [7, 11) is 0. The topological polar surface area (TPSA) is 60.2 Å². The fourth-order valence-electron chi connectivity index (χ4n) is 2.00. The molecule has 0 saturated carbocycles. The predicted molar refractivity (Wildman–Crippen MR) is 70.5 cm³/mol. The first-order valence-electron chi connectivity index (χ1n) is 6.28. The lowest BCUT2D eigenvalue weighted by molar-refractivity contribution is -0.384. The van der Waals surface area contributed by atoms with Gasteiger partial charge in [0.1, 0.15) is 5.78 Å². The highest BCUT2D eigenvalue weighted by Crippen LogP contribution is 2.17. The Morgan fingerprint density at radius 3 is 2.44 bits per heavy atom. The average Bonchev–Trinajstić information content (AvgIpc) is 2.29. The van der Waals surface area contributed by atoms with Crippen molar-refractivity contribution in [2.24, 2.45) is 5.92 Å². The van der Waals surface area contributed by atoms with Gasteiger partial charge < -0.3 is 0 Å². The fourth-order valence-corrected chi connectivity index (χ4v) is 2.00. The van der Waals surface area contributed by atoms with Gasteiger partial charge in [0, 0.05) is 25.0 Å². The highest BCUT2D eigenvalue weighted by molar-refractivity contribution is 5.78. The van der Waals surface area contributed by atoms with Crippen LogP contribution in [0.3, 0.4) is 0 Å². The molecule has 0 spiro atoms. The van der Waals surface area contributed by atoms with Crippen molar-refractivity contribution < 1.29 is 9.72 Å². The minimum atomic E-state index is -0.405. The lowest BCUT2D eigenvalue weighted by Crippen LogP contribution is -2.07. The smallest absolute Gasteiger partial charge is 0.269 e. The van der Waals surface area contributed by atoms with Crippen molar-refractivity contribution in [1.29, 1.82) is 0 Å². The minimum Gasteiger partial charge on any atom is -0.300 e. The molecule has 0 bridgehead atoms. The Hall–Kier alpha value is -1.71. The Labute approximate surface area is 107 Å². The number of ketones is 1. The van der Waals surface area contributed by atoms with Crippen LogP contribution in [-0.4, -0.2) is 10.7 Å². The number of Topliss-reactive ketones (excluding diaryl/α,β-unsaturated/α-hetero) is 1. The van der Waals surface area contributed by atoms with Crippen LogP contribution in [0.15, 0.2) is 24.3 Å². The molecule has 0 aliphatic carbocycles. The van der Waals surface area contributed by atoms with E-state index in [0.717, 1.165) is 18.4 Å². The lowest BCUT2D eigenvalue weighted by Gasteiger charge is -2.10. The normalized spacial score (nSPS) is 12.1. The molecule has 98 valence electrons. The Kier molecular flexibility index (Phi) is 5.49. The molecular weight excluding hydrogens is 230 g/mol. The maximum absolute atomic E-state index is 11.5. The number of nitro benzene ring substituents is 1. The van der Waals surface area contributed by atoms with E-state index in [9.17, 15) is 14.9 Å². The highest BCUT2D eigenvalue weighted by atomic mass is 16.6. The summed E-state index contributed by atoms with van der Waals surface area (Å²) in [6.07, 6.45) is 2.91. The SMILES string of the molecule is CCCC(=O)CC(C)Cc1ccc([N+](=O)[O-])cc1. The molecule has 1 unspecified atom stereocenters. The average molecular weight is 249 g/mol. The summed E-state index contributed by atoms with van der Waals surface area (Å²) in [5.41, 5.74) is 1.14. The Morgan fingerprint density at radius 1 is 1.33 bits per heavy atom. The van der Waals surface area contributed by atoms with Crippen molar-refractivity contribution in [3.05, 3.63) is 39.9 Å². The van der Waals surface area contributed by atoms with E-state index in [1.54, 1.807) is 12.1 Å². The number of hydrogen-bond acceptors (Lipinski definition) is 3. The number of hydrogen-bond donors (Lipinski definition) is 0. The molecule has 1 aromatic rings. The first-order valence-corrected chi connectivity index (χ1v) is 6.28. The molecule has 0 N–H and O–H groups in total. The predicted octanol–water partition coefficient (Wildman–Crippen LogP) is 3.53. The number of nitrogens with zero attached hydrogens (tertiary/aromatic N) is 1. The molecular formula is C14H19NO3. The van der Waals surface area contributed by atoms with Gasteiger partial charge in [-0.15, -0.1) is 0 Å². The van der Waals surface area contributed by atoms with E-state index in [2.05, 4.69) is 0 Å². The van der Waals surface area contributed by atoms with Gasteiger partial charge in [0.05, 0.1) is 4.92 Å². The van der Waals surface area contributed by atoms with Crippen LogP contribution in [0.25, 0.3) is 0 Å². The van der Waals surface area contributed by atoms with Crippen LogP contribution in [-0.2, 0) is 11.2 Å². The number of rotatable bonds is 7. The summed E-state index contributed by atoms with van der Waals surface area (Å²) in [5, 5.41) is 10.5. The second-order valence-corrected chi connectivity index (χ2v) is 4.73. The Morgan fingerprint density at radius 2 is 1.94 bits per heavy atom. The lowest BCUT2D eigenvalue weighted by atomic mass is 9.95. The van der Waals surface area contributed by atoms with E-state index < -0.39 is 4.92 Å². The zero-order valence-electron chi connectivity index (χ0n) is 10.9. The third-order valence-corrected chi connectivity index (χ3v) is 2.84. The summed E-state index contributed by atoms with van der Waals surface area (Å²) in [6.45, 7) is 4.04. The van der Waals surface area contributed by atoms with E-state index in [0.29, 0.717) is 18.6 Å². The number of benzene rings is 1. The number of nitro groups is 1. The molecule has 1 aromatic carbocycles. The zero-order valence-corrected chi connectivity index (χ0v) is 10.9. The van der Waals surface area contributed by atoms with Crippen LogP contribution in [0.1, 0.15) is 38.7 Å². The summed E-state index contributed by atoms with van der Waals surface area (Å²) in [4.78, 5) is 21.6. The molecule has 4 nitrogen and oxygen atoms in total. The van der Waals surface area contributed by atoms with E-state index >= 15 is 0 Å². The molecule has 0 aliphatic rings. The molecule has 0 fully saturated rings. The molecule has 0 aromatic heterocycles. The second kappa shape index (κ2) is 6.89. The molecule has 4 heteroatoms. The summed E-state index contributed by atoms with van der Waals surface area (Å²) in [5.74, 6) is 0.581. The van der Waals surface area contributed by atoms with Crippen molar-refractivity contribution in [3.63, 3.8) is 0 Å². The maximum atomic E-state index is 11.5. The molecule has 0 heterocycles. The van der Waals surface area contributed by atoms with Crippen LogP contribution in [0.5, 0.6) is 0 Å². The molecule has 0 amide bonds. The maximum Gasteiger partial charge on any atom is 0.269 e. The van der Waals surface area contributed by atoms with Crippen LogP contribution < -0.4 is 0 Å². The van der Waals surface area contributed by atoms with Crippen molar-refractivity contribution in [3.8, 4) is 0 Å². The van der Waals surface area contributed by atoms with E-state index in [1.807, 2.05) is 13.8 Å². The van der Waals surface area contributed by atoms with Gasteiger partial charge in [0.2, 0.25) is 0 Å². The van der Waals surface area contributed by atoms with Crippen LogP contribution >= 0.6 is 0 Å². The third kappa shape index (κ3) is 4.65. The second-order valence-electron chi connectivity index (χ2n) is 4.73. The zero-order chi connectivity index (χ0) is 13.5. The summed E-state index contributed by atoms with van der Waals surface area (Å²) < 4.78 is 0. The molecule has 0 aliphatic heterocycles. The first-order chi connectivity index (χ1) is 8.52. The van der Waals surface area contributed by atoms with E-state index in [1.165, 1.54) is 12.1 Å². The van der Waals surface area contributed by atoms with Crippen molar-refractivity contribution >= 4 is 11.5 Å². The van der Waals surface area contributed by atoms with E-state index in [4.69, 9.17) is 0 Å².